The number of halogens is 1. The summed E-state index contributed by atoms with van der Waals surface area (Å²) < 4.78 is 0. The van der Waals surface area contributed by atoms with Crippen molar-refractivity contribution in [1.29, 1.82) is 0 Å². The van der Waals surface area contributed by atoms with Gasteiger partial charge in [-0.1, -0.05) is 74.0 Å². The number of aromatic nitrogens is 1. The molecule has 0 aliphatic rings. The van der Waals surface area contributed by atoms with Crippen LogP contribution in [0.15, 0.2) is 79.0 Å². The molecule has 1 aromatic heterocycles. The van der Waals surface area contributed by atoms with Gasteiger partial charge in [0.05, 0.1) is 34.7 Å². The molecule has 1 amide bonds. The van der Waals surface area contributed by atoms with Gasteiger partial charge in [0.1, 0.15) is 0 Å². The van der Waals surface area contributed by atoms with Gasteiger partial charge in [0.25, 0.3) is 5.91 Å². The first-order valence-electron chi connectivity index (χ1n) is 12.2. The Morgan fingerprint density at radius 2 is 1.55 bits per heavy atom. The van der Waals surface area contributed by atoms with E-state index in [4.69, 9.17) is 23.1 Å². The van der Waals surface area contributed by atoms with Crippen LogP contribution in [-0.4, -0.2) is 39.9 Å². The minimum atomic E-state index is -2.47. The van der Waals surface area contributed by atoms with Gasteiger partial charge in [-0.25, -0.2) is 0 Å². The van der Waals surface area contributed by atoms with Gasteiger partial charge in [-0.15, -0.1) is 0 Å². The van der Waals surface area contributed by atoms with Gasteiger partial charge in [0.2, 0.25) is 0 Å². The van der Waals surface area contributed by atoms with Gasteiger partial charge >= 0.3 is 0 Å². The Hall–Kier alpha value is -3.72. The normalized spacial score (nSPS) is 13.0. The first kappa shape index (κ1) is 28.8. The van der Waals surface area contributed by atoms with Gasteiger partial charge in [0.15, 0.2) is 23.0 Å². The first-order valence-corrected chi connectivity index (χ1v) is 12.6. The molecule has 2 aromatic carbocycles. The fraction of sp³-hybridized carbons (Fsp3) is 0.276. The van der Waals surface area contributed by atoms with Crippen molar-refractivity contribution in [3.63, 3.8) is 0 Å². The number of carbonyl (C=O) groups is 4. The maximum absolute atomic E-state index is 13.6. The zero-order valence-corrected chi connectivity index (χ0v) is 22.0. The highest BCUT2D eigenvalue weighted by atomic mass is 35.5. The summed E-state index contributed by atoms with van der Waals surface area (Å²) in [6.45, 7) is 3.75. The molecule has 2 atom stereocenters. The number of benzene rings is 2. The molecule has 8 nitrogen and oxygen atoms in total. The zero-order chi connectivity index (χ0) is 27.9. The van der Waals surface area contributed by atoms with Crippen LogP contribution in [0.1, 0.15) is 54.2 Å². The second-order valence-corrected chi connectivity index (χ2v) is 9.94. The van der Waals surface area contributed by atoms with Crippen molar-refractivity contribution >= 4 is 34.9 Å². The summed E-state index contributed by atoms with van der Waals surface area (Å²) in [6, 6.07) is 19.2. The SMILES string of the molecule is CC(C)C[C@H](NC(=O)c1ccccc1Cl)C(=O)CC(=O)C(N)(N)C(=O)C(c1ccccc1)c1ccccn1. The fourth-order valence-electron chi connectivity index (χ4n) is 4.08. The van der Waals surface area contributed by atoms with Gasteiger partial charge in [-0.2, -0.15) is 0 Å². The molecule has 38 heavy (non-hydrogen) atoms. The van der Waals surface area contributed by atoms with Crippen LogP contribution in [0.5, 0.6) is 0 Å². The summed E-state index contributed by atoms with van der Waals surface area (Å²) in [6.07, 6.45) is 1.05. The molecule has 0 bridgehead atoms. The van der Waals surface area contributed by atoms with E-state index in [-0.39, 0.29) is 22.9 Å². The van der Waals surface area contributed by atoms with Gasteiger partial charge < -0.3 is 16.8 Å². The summed E-state index contributed by atoms with van der Waals surface area (Å²) >= 11 is 6.12. The quantitative estimate of drug-likeness (QED) is 0.238. The van der Waals surface area contributed by atoms with E-state index in [1.165, 1.54) is 12.3 Å². The molecule has 0 radical (unpaired) electrons. The molecule has 3 aromatic rings. The van der Waals surface area contributed by atoms with E-state index in [1.54, 1.807) is 66.7 Å². The minimum absolute atomic E-state index is 0.0133. The number of hydrogen-bond acceptors (Lipinski definition) is 7. The van der Waals surface area contributed by atoms with E-state index in [1.807, 2.05) is 13.8 Å². The molecule has 0 saturated heterocycles. The Labute approximate surface area is 226 Å². The number of hydrogen-bond donors (Lipinski definition) is 3. The van der Waals surface area contributed by atoms with E-state index in [9.17, 15) is 19.2 Å². The predicted octanol–water partition coefficient (Wildman–Crippen LogP) is 3.42. The number of nitrogens with zero attached hydrogens (tertiary/aromatic N) is 1. The monoisotopic (exact) mass is 534 g/mol. The number of pyridine rings is 1. The van der Waals surface area contributed by atoms with E-state index in [0.29, 0.717) is 11.3 Å². The minimum Gasteiger partial charge on any atom is -0.342 e. The summed E-state index contributed by atoms with van der Waals surface area (Å²) in [5.74, 6) is -3.90. The standard InChI is InChI=1S/C29H31ClN4O4/c1-18(2)16-23(34-28(38)20-12-6-7-13-21(20)30)24(35)17-25(36)29(31,32)27(37)26(19-10-4-3-5-11-19)22-14-8-9-15-33-22/h3-15,18,23,26H,16-17,31-32H2,1-2H3,(H,34,38)/t23-,26?/m0/s1. The summed E-state index contributed by atoms with van der Waals surface area (Å²) in [4.78, 5) is 57.2. The van der Waals surface area contributed by atoms with Gasteiger partial charge in [-0.3, -0.25) is 24.2 Å². The zero-order valence-electron chi connectivity index (χ0n) is 21.3. The molecular weight excluding hydrogens is 504 g/mol. The van der Waals surface area contributed by atoms with Crippen molar-refractivity contribution < 1.29 is 19.2 Å². The van der Waals surface area contributed by atoms with Crippen LogP contribution in [0.3, 0.4) is 0 Å². The number of carbonyl (C=O) groups excluding carboxylic acids is 4. The van der Waals surface area contributed by atoms with Crippen molar-refractivity contribution in [2.75, 3.05) is 0 Å². The lowest BCUT2D eigenvalue weighted by atomic mass is 9.82. The topological polar surface area (TPSA) is 145 Å². The lowest BCUT2D eigenvalue weighted by molar-refractivity contribution is -0.137. The molecule has 198 valence electrons. The number of amides is 1. The lowest BCUT2D eigenvalue weighted by Gasteiger charge is -2.27. The molecule has 5 N–H and O–H groups in total. The number of Topliss-reactive ketones (excluding diaryl/α,β-unsaturated/α-hetero) is 3. The largest absolute Gasteiger partial charge is 0.342 e. The Balaban J connectivity index is 1.83. The van der Waals surface area contributed by atoms with E-state index in [0.717, 1.165) is 0 Å². The summed E-state index contributed by atoms with van der Waals surface area (Å²) in [5.41, 5.74) is 10.9. The van der Waals surface area contributed by atoms with Crippen molar-refractivity contribution in [2.24, 2.45) is 17.4 Å². The van der Waals surface area contributed by atoms with Crippen LogP contribution in [-0.2, 0) is 14.4 Å². The third kappa shape index (κ3) is 6.98. The number of nitrogens with one attached hydrogen (secondary N) is 1. The maximum atomic E-state index is 13.6. The van der Waals surface area contributed by atoms with E-state index < -0.39 is 47.3 Å². The summed E-state index contributed by atoms with van der Waals surface area (Å²) in [7, 11) is 0. The van der Waals surface area contributed by atoms with Crippen molar-refractivity contribution in [2.45, 2.75) is 44.3 Å². The highest BCUT2D eigenvalue weighted by Gasteiger charge is 2.44. The van der Waals surface area contributed by atoms with Crippen LogP contribution >= 0.6 is 11.6 Å². The van der Waals surface area contributed by atoms with Crippen molar-refractivity contribution in [1.82, 2.24) is 10.3 Å². The first-order chi connectivity index (χ1) is 18.0. The van der Waals surface area contributed by atoms with Crippen LogP contribution < -0.4 is 16.8 Å². The van der Waals surface area contributed by atoms with Crippen molar-refractivity contribution in [3.05, 3.63) is 101 Å². The highest BCUT2D eigenvalue weighted by Crippen LogP contribution is 2.27. The predicted molar refractivity (Wildman–Crippen MR) is 145 cm³/mol. The van der Waals surface area contributed by atoms with Gasteiger partial charge in [0, 0.05) is 6.20 Å². The Bertz CT molecular complexity index is 1260. The third-order valence-electron chi connectivity index (χ3n) is 6.10. The second kappa shape index (κ2) is 12.7. The number of rotatable bonds is 12. The van der Waals surface area contributed by atoms with Crippen LogP contribution in [0.25, 0.3) is 0 Å². The van der Waals surface area contributed by atoms with Gasteiger partial charge in [-0.05, 0) is 42.2 Å². The molecule has 0 aliphatic carbocycles. The molecule has 1 heterocycles. The Morgan fingerprint density at radius 1 is 0.921 bits per heavy atom. The average Bonchev–Trinajstić information content (AvgIpc) is 2.89. The number of nitrogens with two attached hydrogens (primary N) is 2. The van der Waals surface area contributed by atoms with E-state index in [2.05, 4.69) is 10.3 Å². The molecule has 0 spiro atoms. The maximum Gasteiger partial charge on any atom is 0.253 e. The van der Waals surface area contributed by atoms with Crippen LogP contribution in [0.4, 0.5) is 0 Å². The Morgan fingerprint density at radius 3 is 2.16 bits per heavy atom. The molecule has 0 aliphatic heterocycles. The highest BCUT2D eigenvalue weighted by molar-refractivity contribution is 6.33. The Kier molecular flexibility index (Phi) is 9.63. The molecule has 1 unspecified atom stereocenters. The van der Waals surface area contributed by atoms with Crippen molar-refractivity contribution in [3.8, 4) is 0 Å². The number of ketones is 3. The summed E-state index contributed by atoms with van der Waals surface area (Å²) in [5, 5.41) is 2.89. The van der Waals surface area contributed by atoms with E-state index >= 15 is 0 Å². The lowest BCUT2D eigenvalue weighted by Crippen LogP contribution is -2.64. The fourth-order valence-corrected chi connectivity index (χ4v) is 4.30. The average molecular weight is 535 g/mol. The smallest absolute Gasteiger partial charge is 0.253 e. The molecule has 0 saturated carbocycles. The molecule has 0 fully saturated rings. The van der Waals surface area contributed by atoms with Crippen LogP contribution in [0, 0.1) is 5.92 Å². The third-order valence-corrected chi connectivity index (χ3v) is 6.43. The molecule has 3 rings (SSSR count). The molecular formula is C29H31ClN4O4. The molecule has 9 heteroatoms. The second-order valence-electron chi connectivity index (χ2n) is 9.53. The van der Waals surface area contributed by atoms with Crippen LogP contribution in [0.2, 0.25) is 5.02 Å².